The number of aromatic nitrogens is 6. The molecule has 3 N–H and O–H groups in total. The van der Waals surface area contributed by atoms with Gasteiger partial charge in [-0.1, -0.05) is 0 Å². The topological polar surface area (TPSA) is 242 Å². The Balaban J connectivity index is 1.37. The molecule has 5 rings (SSSR count). The van der Waals surface area contributed by atoms with Crippen molar-refractivity contribution in [1.82, 2.24) is 34.4 Å². The number of nitrogens with one attached hydrogen (secondary N) is 1. The monoisotopic (exact) mass is 726 g/mol. The molecule has 2 unspecified atom stereocenters. The van der Waals surface area contributed by atoms with Gasteiger partial charge in [0.2, 0.25) is 11.8 Å². The molecular weight excluding hydrogens is 692 g/mol. The number of aromatic amines is 1. The van der Waals surface area contributed by atoms with Gasteiger partial charge in [0.25, 0.3) is 5.56 Å². The van der Waals surface area contributed by atoms with E-state index < -0.39 is 57.1 Å². The first-order chi connectivity index (χ1) is 23.1. The number of hydrogen-bond donors (Lipinski definition) is 3. The molecule has 0 bridgehead atoms. The molecule has 2 aliphatic rings. The summed E-state index contributed by atoms with van der Waals surface area (Å²) < 4.78 is 48.8. The van der Waals surface area contributed by atoms with Crippen LogP contribution in [0.25, 0.3) is 11.2 Å². The number of imidazole rings is 1. The van der Waals surface area contributed by atoms with Crippen LogP contribution >= 0.6 is 15.0 Å². The van der Waals surface area contributed by atoms with Crippen LogP contribution in [0.3, 0.4) is 0 Å². The summed E-state index contributed by atoms with van der Waals surface area (Å²) in [6, 6.07) is 3.58. The second-order valence-corrected chi connectivity index (χ2v) is 14.7. The van der Waals surface area contributed by atoms with Crippen molar-refractivity contribution in [2.24, 2.45) is 10.9 Å². The summed E-state index contributed by atoms with van der Waals surface area (Å²) in [6.07, 6.45) is 2.85. The van der Waals surface area contributed by atoms with E-state index in [4.69, 9.17) is 44.6 Å². The van der Waals surface area contributed by atoms with Crippen LogP contribution in [0.2, 0.25) is 0 Å². The van der Waals surface area contributed by atoms with Crippen molar-refractivity contribution in [3.63, 3.8) is 0 Å². The Hall–Kier alpha value is -3.34. The van der Waals surface area contributed by atoms with Gasteiger partial charge in [-0.2, -0.15) is 10.2 Å². The molecule has 3 aromatic heterocycles. The Morgan fingerprint density at radius 3 is 2.85 bits per heavy atom. The molecule has 48 heavy (non-hydrogen) atoms. The van der Waals surface area contributed by atoms with Crippen LogP contribution in [0.1, 0.15) is 31.9 Å². The zero-order valence-electron chi connectivity index (χ0n) is 25.8. The number of aliphatic hydroxyl groups excluding tert-OH is 1. The van der Waals surface area contributed by atoms with Crippen molar-refractivity contribution in [2.45, 2.75) is 56.3 Å². The minimum Gasteiger partial charge on any atom is -0.474 e. The molecule has 1 aliphatic carbocycles. The Labute approximate surface area is 280 Å². The molecule has 258 valence electrons. The zero-order valence-corrected chi connectivity index (χ0v) is 28.4. The normalized spacial score (nSPS) is 25.7. The fraction of sp³-hybridized carbons (Fsp3) is 0.577. The molecule has 4 heterocycles. The zero-order chi connectivity index (χ0) is 34.3. The summed E-state index contributed by atoms with van der Waals surface area (Å²) >= 11 is 5.80. The van der Waals surface area contributed by atoms with Crippen LogP contribution in [0, 0.1) is 17.2 Å². The van der Waals surface area contributed by atoms with Crippen molar-refractivity contribution in [3.8, 4) is 11.9 Å². The van der Waals surface area contributed by atoms with Gasteiger partial charge in [0.1, 0.15) is 24.6 Å². The van der Waals surface area contributed by atoms with Gasteiger partial charge in [-0.3, -0.25) is 14.3 Å². The Morgan fingerprint density at radius 1 is 1.31 bits per heavy atom. The first-order valence-electron chi connectivity index (χ1n) is 14.7. The van der Waals surface area contributed by atoms with E-state index in [1.807, 2.05) is 6.07 Å². The molecule has 0 aromatic carbocycles. The molecule has 22 heteroatoms. The van der Waals surface area contributed by atoms with Crippen LogP contribution in [0.4, 0.5) is 5.95 Å². The number of H-pyrrole nitrogens is 1. The fourth-order valence-electron chi connectivity index (χ4n) is 5.23. The van der Waals surface area contributed by atoms with E-state index in [0.29, 0.717) is 12.3 Å². The van der Waals surface area contributed by atoms with Gasteiger partial charge in [0, 0.05) is 49.7 Å². The number of aliphatic hydroxyl groups is 1. The van der Waals surface area contributed by atoms with Crippen molar-refractivity contribution < 1.29 is 42.1 Å². The highest BCUT2D eigenvalue weighted by Crippen LogP contribution is 2.55. The van der Waals surface area contributed by atoms with Gasteiger partial charge in [-0.25, -0.2) is 19.9 Å². The number of hydrogen-bond acceptors (Lipinski definition) is 16. The Bertz CT molecular complexity index is 1740. The lowest BCUT2D eigenvalue weighted by Crippen LogP contribution is -2.25. The maximum atomic E-state index is 12.8. The van der Waals surface area contributed by atoms with Gasteiger partial charge < -0.3 is 33.1 Å². The predicted molar refractivity (Wildman–Crippen MR) is 171 cm³/mol. The third-order valence-electron chi connectivity index (χ3n) is 7.28. The van der Waals surface area contributed by atoms with Gasteiger partial charge in [-0.05, 0) is 18.2 Å². The molecule has 2 fully saturated rings. The maximum Gasteiger partial charge on any atom is 0.695 e. The first kappa shape index (κ1) is 36.0. The molecule has 0 amide bonds. The van der Waals surface area contributed by atoms with Gasteiger partial charge in [0.05, 0.1) is 51.1 Å². The summed E-state index contributed by atoms with van der Waals surface area (Å²) in [5.74, 6) is -0.0860. The summed E-state index contributed by atoms with van der Waals surface area (Å²) in [4.78, 5) is 47.3. The van der Waals surface area contributed by atoms with Crippen LogP contribution < -0.4 is 10.3 Å². The average molecular weight is 727 g/mol. The van der Waals surface area contributed by atoms with E-state index in [2.05, 4.69) is 29.9 Å². The smallest absolute Gasteiger partial charge is 0.474 e. The molecule has 1 saturated heterocycles. The standard InChI is InChI=1S/C26H33N9O10P2S/c1-34(2)14-31-26-32-23-22(24(37)33-26)30-15-35(23)25-20(10-18(11-36)43-25)45-47(48,40-7-3-5-27)41-12-16-8-17(9-19(16)44-46(38)39)42-21-4-6-28-13-29-21/h4,6,13-20,25,36H,3,7-12H2,1-2H3,(H-,32,33,37,38,39)/p+1/t16-,17-,18+,19+,20-,25-,47?/m1/s1. The number of nitriles is 1. The minimum absolute atomic E-state index is 0.000925. The van der Waals surface area contributed by atoms with Crippen LogP contribution in [0.5, 0.6) is 5.88 Å². The molecule has 19 nitrogen and oxygen atoms in total. The van der Waals surface area contributed by atoms with E-state index in [9.17, 15) is 19.4 Å². The summed E-state index contributed by atoms with van der Waals surface area (Å²) in [6.45, 7) is -4.20. The van der Waals surface area contributed by atoms with Crippen molar-refractivity contribution >= 4 is 50.2 Å². The predicted octanol–water partition coefficient (Wildman–Crippen LogP) is 1.86. The molecule has 8 atom stereocenters. The first-order valence-corrected chi connectivity index (χ1v) is 18.4. The van der Waals surface area contributed by atoms with Crippen LogP contribution in [0.15, 0.2) is 34.7 Å². The van der Waals surface area contributed by atoms with Crippen LogP contribution in [-0.2, 0) is 39.2 Å². The highest BCUT2D eigenvalue weighted by molar-refractivity contribution is 8.07. The van der Waals surface area contributed by atoms with Gasteiger partial charge >= 0.3 is 15.0 Å². The molecule has 0 radical (unpaired) electrons. The average Bonchev–Trinajstić information content (AvgIpc) is 3.76. The molecule has 3 aromatic rings. The lowest BCUT2D eigenvalue weighted by molar-refractivity contribution is -0.0480. The summed E-state index contributed by atoms with van der Waals surface area (Å²) in [5.41, 5.74) is -0.338. The van der Waals surface area contributed by atoms with Crippen molar-refractivity contribution in [2.75, 3.05) is 33.9 Å². The summed E-state index contributed by atoms with van der Waals surface area (Å²) in [7, 11) is 0.595. The number of rotatable bonds is 16. The molecular formula is C26H34N9O10P2S+. The second-order valence-electron chi connectivity index (χ2n) is 11.0. The number of ether oxygens (including phenoxy) is 2. The minimum atomic E-state index is -3.66. The quantitative estimate of drug-likeness (QED) is 0.0825. The van der Waals surface area contributed by atoms with E-state index in [1.165, 1.54) is 29.8 Å². The third kappa shape index (κ3) is 9.21. The van der Waals surface area contributed by atoms with E-state index in [0.717, 1.165) is 0 Å². The van der Waals surface area contributed by atoms with E-state index in [-0.39, 0.29) is 56.2 Å². The fourth-order valence-corrected chi connectivity index (χ4v) is 7.87. The molecule has 0 spiro atoms. The number of nitrogens with zero attached hydrogens (tertiary/aromatic N) is 8. The number of aliphatic imine (C=N–C) groups is 1. The Kier molecular flexibility index (Phi) is 12.3. The lowest BCUT2D eigenvalue weighted by atomic mass is 10.1. The van der Waals surface area contributed by atoms with Gasteiger partial charge in [-0.15, -0.1) is 9.42 Å². The highest BCUT2D eigenvalue weighted by atomic mass is 32.5. The number of fused-ring (bicyclic) bond motifs is 1. The maximum absolute atomic E-state index is 12.8. The Morgan fingerprint density at radius 2 is 2.15 bits per heavy atom. The van der Waals surface area contributed by atoms with Crippen LogP contribution in [-0.4, -0.2) is 109 Å². The second kappa shape index (κ2) is 16.4. The van der Waals surface area contributed by atoms with Gasteiger partial charge in [0.15, 0.2) is 17.4 Å². The lowest BCUT2D eigenvalue weighted by Gasteiger charge is -2.28. The van der Waals surface area contributed by atoms with Crippen molar-refractivity contribution in [3.05, 3.63) is 35.3 Å². The van der Waals surface area contributed by atoms with E-state index >= 15 is 0 Å². The SMILES string of the molecule is CN(C)C=Nc1nc2c(ncn2[C@@H]2O[C@H](CO)C[C@H]2OP(=S)(OCCC#N)OC[C@H]2C[C@@H](Oc3ccncn3)C[C@@H]2O[P+](=O)O)c(=O)[nH]1. The van der Waals surface area contributed by atoms with E-state index in [1.54, 1.807) is 25.1 Å². The van der Waals surface area contributed by atoms with Crippen molar-refractivity contribution in [1.29, 1.82) is 5.26 Å². The third-order valence-corrected chi connectivity index (χ3v) is 10.1. The molecule has 1 saturated carbocycles. The molecule has 1 aliphatic heterocycles. The largest absolute Gasteiger partial charge is 0.695 e. The highest BCUT2D eigenvalue weighted by Gasteiger charge is 2.45. The summed E-state index contributed by atoms with van der Waals surface area (Å²) in [5, 5.41) is 19.1.